The van der Waals surface area contributed by atoms with E-state index in [1.54, 1.807) is 18.2 Å². The lowest BCUT2D eigenvalue weighted by molar-refractivity contribution is 0.463. The summed E-state index contributed by atoms with van der Waals surface area (Å²) in [6.45, 7) is 0. The molecule has 0 saturated carbocycles. The maximum atomic E-state index is 5.73. The fraction of sp³-hybridized carbons (Fsp3) is 0. The molecule has 0 aliphatic carbocycles. The summed E-state index contributed by atoms with van der Waals surface area (Å²) in [7, 11) is 0. The number of anilines is 1. The third kappa shape index (κ3) is 2.62. The van der Waals surface area contributed by atoms with Crippen molar-refractivity contribution in [3.63, 3.8) is 0 Å². The van der Waals surface area contributed by atoms with Gasteiger partial charge >= 0.3 is 0 Å². The van der Waals surface area contributed by atoms with Gasteiger partial charge in [-0.25, -0.2) is 4.98 Å². The van der Waals surface area contributed by atoms with Gasteiger partial charge in [0.15, 0.2) is 5.75 Å². The van der Waals surface area contributed by atoms with Crippen molar-refractivity contribution in [3.8, 4) is 11.6 Å². The van der Waals surface area contributed by atoms with E-state index >= 15 is 0 Å². The highest BCUT2D eigenvalue weighted by Crippen LogP contribution is 2.27. The van der Waals surface area contributed by atoms with E-state index in [4.69, 9.17) is 22.1 Å². The van der Waals surface area contributed by atoms with Gasteiger partial charge in [-0.15, -0.1) is 0 Å². The SMILES string of the molecule is Nc1ccccc1Oc1cc(Br)nc(Cl)n1. The highest BCUT2D eigenvalue weighted by Gasteiger charge is 2.05. The predicted molar refractivity (Wildman–Crippen MR) is 65.7 cm³/mol. The molecule has 16 heavy (non-hydrogen) atoms. The van der Waals surface area contributed by atoms with Crippen molar-refractivity contribution in [2.75, 3.05) is 5.73 Å². The first kappa shape index (κ1) is 11.2. The van der Waals surface area contributed by atoms with Crippen LogP contribution in [0.5, 0.6) is 11.6 Å². The van der Waals surface area contributed by atoms with Crippen molar-refractivity contribution >= 4 is 33.2 Å². The van der Waals surface area contributed by atoms with E-state index in [1.165, 1.54) is 0 Å². The standard InChI is InChI=1S/C10H7BrClN3O/c11-8-5-9(15-10(12)14-8)16-7-4-2-1-3-6(7)13/h1-5H,13H2. The first-order valence-corrected chi connectivity index (χ1v) is 5.54. The number of benzene rings is 1. The molecule has 0 spiro atoms. The minimum absolute atomic E-state index is 0.110. The Morgan fingerprint density at radius 1 is 1.25 bits per heavy atom. The lowest BCUT2D eigenvalue weighted by Crippen LogP contribution is -1.94. The lowest BCUT2D eigenvalue weighted by atomic mass is 10.3. The van der Waals surface area contributed by atoms with Crippen LogP contribution in [0, 0.1) is 0 Å². The van der Waals surface area contributed by atoms with Gasteiger partial charge in [-0.3, -0.25) is 0 Å². The zero-order valence-corrected chi connectivity index (χ0v) is 10.4. The number of halogens is 2. The van der Waals surface area contributed by atoms with Crippen LogP contribution in [0.4, 0.5) is 5.69 Å². The van der Waals surface area contributed by atoms with Gasteiger partial charge in [0.2, 0.25) is 11.2 Å². The highest BCUT2D eigenvalue weighted by atomic mass is 79.9. The van der Waals surface area contributed by atoms with Crippen LogP contribution in [0.15, 0.2) is 34.9 Å². The van der Waals surface area contributed by atoms with Gasteiger partial charge in [-0.05, 0) is 39.7 Å². The summed E-state index contributed by atoms with van der Waals surface area (Å²) in [5, 5.41) is 0.110. The number of para-hydroxylation sites is 2. The van der Waals surface area contributed by atoms with Gasteiger partial charge in [0.25, 0.3) is 0 Å². The number of nitrogens with zero attached hydrogens (tertiary/aromatic N) is 2. The molecular weight excluding hydrogens is 293 g/mol. The van der Waals surface area contributed by atoms with Gasteiger partial charge in [-0.2, -0.15) is 4.98 Å². The monoisotopic (exact) mass is 299 g/mol. The Bertz CT molecular complexity index is 501. The fourth-order valence-corrected chi connectivity index (χ4v) is 1.75. The average Bonchev–Trinajstić information content (AvgIpc) is 2.20. The van der Waals surface area contributed by atoms with E-state index in [9.17, 15) is 0 Å². The van der Waals surface area contributed by atoms with Crippen LogP contribution >= 0.6 is 27.5 Å². The smallest absolute Gasteiger partial charge is 0.226 e. The Kier molecular flexibility index (Phi) is 3.26. The summed E-state index contributed by atoms with van der Waals surface area (Å²) < 4.78 is 6.03. The zero-order valence-electron chi connectivity index (χ0n) is 8.02. The fourth-order valence-electron chi connectivity index (χ4n) is 1.11. The summed E-state index contributed by atoms with van der Waals surface area (Å²) in [6, 6.07) is 8.75. The van der Waals surface area contributed by atoms with Crippen molar-refractivity contribution in [2.45, 2.75) is 0 Å². The Morgan fingerprint density at radius 2 is 2.00 bits per heavy atom. The van der Waals surface area contributed by atoms with Crippen molar-refractivity contribution in [3.05, 3.63) is 40.2 Å². The second-order valence-corrected chi connectivity index (χ2v) is 4.09. The number of hydrogen-bond donors (Lipinski definition) is 1. The van der Waals surface area contributed by atoms with Crippen LogP contribution in [-0.4, -0.2) is 9.97 Å². The first-order valence-electron chi connectivity index (χ1n) is 4.37. The molecule has 0 aliphatic heterocycles. The number of nitrogens with two attached hydrogens (primary N) is 1. The Labute approximate surface area is 106 Å². The quantitative estimate of drug-likeness (QED) is 0.525. The number of nitrogen functional groups attached to an aromatic ring is 1. The van der Waals surface area contributed by atoms with E-state index in [0.29, 0.717) is 21.9 Å². The van der Waals surface area contributed by atoms with Crippen LogP contribution in [0.1, 0.15) is 0 Å². The molecule has 2 N–H and O–H groups in total. The van der Waals surface area contributed by atoms with Crippen LogP contribution in [0.3, 0.4) is 0 Å². The average molecular weight is 301 g/mol. The number of ether oxygens (including phenoxy) is 1. The molecule has 2 aromatic rings. The van der Waals surface area contributed by atoms with E-state index < -0.39 is 0 Å². The van der Waals surface area contributed by atoms with Crippen molar-refractivity contribution in [2.24, 2.45) is 0 Å². The van der Waals surface area contributed by atoms with Crippen molar-refractivity contribution < 1.29 is 4.74 Å². The van der Waals surface area contributed by atoms with E-state index in [-0.39, 0.29) is 5.28 Å². The Balaban J connectivity index is 2.30. The van der Waals surface area contributed by atoms with Crippen LogP contribution < -0.4 is 10.5 Å². The maximum absolute atomic E-state index is 5.73. The Hall–Kier alpha value is -1.33. The van der Waals surface area contributed by atoms with E-state index in [2.05, 4.69) is 25.9 Å². The van der Waals surface area contributed by atoms with Gasteiger partial charge in [0.05, 0.1) is 5.69 Å². The zero-order chi connectivity index (χ0) is 11.5. The predicted octanol–water partition coefficient (Wildman–Crippen LogP) is 3.27. The van der Waals surface area contributed by atoms with Gasteiger partial charge in [-0.1, -0.05) is 12.1 Å². The molecule has 0 atom stereocenters. The number of rotatable bonds is 2. The van der Waals surface area contributed by atoms with Crippen LogP contribution in [0.2, 0.25) is 5.28 Å². The van der Waals surface area contributed by atoms with E-state index in [0.717, 1.165) is 0 Å². The maximum Gasteiger partial charge on any atom is 0.226 e. The van der Waals surface area contributed by atoms with E-state index in [1.807, 2.05) is 12.1 Å². The largest absolute Gasteiger partial charge is 0.437 e. The summed E-state index contributed by atoms with van der Waals surface area (Å²) >= 11 is 8.89. The number of hydrogen-bond acceptors (Lipinski definition) is 4. The summed E-state index contributed by atoms with van der Waals surface area (Å²) in [5.74, 6) is 0.869. The van der Waals surface area contributed by atoms with Gasteiger partial charge in [0.1, 0.15) is 4.60 Å². The molecule has 0 bridgehead atoms. The molecule has 4 nitrogen and oxygen atoms in total. The molecule has 0 aliphatic rings. The molecule has 0 saturated heterocycles. The van der Waals surface area contributed by atoms with Crippen LogP contribution in [-0.2, 0) is 0 Å². The normalized spacial score (nSPS) is 10.1. The topological polar surface area (TPSA) is 61.0 Å². The second kappa shape index (κ2) is 4.67. The molecule has 0 amide bonds. The molecule has 1 aromatic carbocycles. The van der Waals surface area contributed by atoms with Crippen molar-refractivity contribution in [1.82, 2.24) is 9.97 Å². The molecule has 0 unspecified atom stereocenters. The van der Waals surface area contributed by atoms with Gasteiger partial charge in [0, 0.05) is 6.07 Å². The minimum atomic E-state index is 0.110. The molecule has 82 valence electrons. The summed E-state index contributed by atoms with van der Waals surface area (Å²) in [6.07, 6.45) is 0. The molecule has 2 rings (SSSR count). The summed E-state index contributed by atoms with van der Waals surface area (Å²) in [4.78, 5) is 7.78. The summed E-state index contributed by atoms with van der Waals surface area (Å²) in [5.41, 5.74) is 6.27. The number of aromatic nitrogens is 2. The van der Waals surface area contributed by atoms with Crippen molar-refractivity contribution in [1.29, 1.82) is 0 Å². The lowest BCUT2D eigenvalue weighted by Gasteiger charge is -2.07. The third-order valence-corrected chi connectivity index (χ3v) is 2.35. The molecule has 1 heterocycles. The molecular formula is C10H7BrClN3O. The molecule has 0 fully saturated rings. The second-order valence-electron chi connectivity index (χ2n) is 2.94. The molecule has 0 radical (unpaired) electrons. The highest BCUT2D eigenvalue weighted by molar-refractivity contribution is 9.10. The van der Waals surface area contributed by atoms with Crippen LogP contribution in [0.25, 0.3) is 0 Å². The van der Waals surface area contributed by atoms with Gasteiger partial charge < -0.3 is 10.5 Å². The molecule has 6 heteroatoms. The first-order chi connectivity index (χ1) is 7.65. The third-order valence-electron chi connectivity index (χ3n) is 1.78. The minimum Gasteiger partial charge on any atom is -0.437 e. The molecule has 1 aromatic heterocycles. The Morgan fingerprint density at radius 3 is 2.69 bits per heavy atom.